The summed E-state index contributed by atoms with van der Waals surface area (Å²) in [6.45, 7) is 2.99. The van der Waals surface area contributed by atoms with Gasteiger partial charge < -0.3 is 19.2 Å². The van der Waals surface area contributed by atoms with Crippen molar-refractivity contribution in [3.8, 4) is 11.5 Å². The number of hydrogen-bond acceptors (Lipinski definition) is 4. The van der Waals surface area contributed by atoms with Crippen LogP contribution in [0.3, 0.4) is 0 Å². The van der Waals surface area contributed by atoms with Gasteiger partial charge in [-0.3, -0.25) is 4.79 Å². The van der Waals surface area contributed by atoms with Crippen molar-refractivity contribution in [3.05, 3.63) is 47.9 Å². The van der Waals surface area contributed by atoms with Crippen molar-refractivity contribution in [1.82, 2.24) is 5.32 Å². The van der Waals surface area contributed by atoms with E-state index in [0.29, 0.717) is 36.7 Å². The van der Waals surface area contributed by atoms with Crippen LogP contribution in [0.1, 0.15) is 23.0 Å². The summed E-state index contributed by atoms with van der Waals surface area (Å²) < 4.78 is 16.2. The van der Waals surface area contributed by atoms with Gasteiger partial charge in [0.1, 0.15) is 19.0 Å². The van der Waals surface area contributed by atoms with Gasteiger partial charge >= 0.3 is 0 Å². The number of nitrogens with one attached hydrogen (secondary N) is 1. The first-order valence-electron chi connectivity index (χ1n) is 6.95. The zero-order chi connectivity index (χ0) is 14.7. The van der Waals surface area contributed by atoms with E-state index in [9.17, 15) is 4.79 Å². The molecule has 1 aromatic heterocycles. The lowest BCUT2D eigenvalue weighted by atomic mass is 10.1. The van der Waals surface area contributed by atoms with E-state index in [4.69, 9.17) is 13.9 Å². The molecule has 0 aliphatic carbocycles. The molecule has 3 rings (SSSR count). The van der Waals surface area contributed by atoms with Gasteiger partial charge in [0, 0.05) is 18.0 Å². The molecule has 2 heterocycles. The van der Waals surface area contributed by atoms with Gasteiger partial charge in [-0.05, 0) is 37.3 Å². The van der Waals surface area contributed by atoms with E-state index < -0.39 is 0 Å². The number of fused-ring (bicyclic) bond motifs is 1. The lowest BCUT2D eigenvalue weighted by Crippen LogP contribution is -2.34. The Kier molecular flexibility index (Phi) is 3.81. The zero-order valence-electron chi connectivity index (χ0n) is 11.8. The van der Waals surface area contributed by atoms with Crippen molar-refractivity contribution in [1.29, 1.82) is 0 Å². The Morgan fingerprint density at radius 1 is 1.24 bits per heavy atom. The molecule has 0 saturated carbocycles. The predicted molar refractivity (Wildman–Crippen MR) is 76.8 cm³/mol. The minimum absolute atomic E-state index is 0.0168. The van der Waals surface area contributed by atoms with E-state index in [-0.39, 0.29) is 11.9 Å². The lowest BCUT2D eigenvalue weighted by molar-refractivity contribution is 0.0938. The first-order valence-corrected chi connectivity index (χ1v) is 6.95. The molecular formula is C16H17NO4. The largest absolute Gasteiger partial charge is 0.486 e. The fourth-order valence-electron chi connectivity index (χ4n) is 2.27. The van der Waals surface area contributed by atoms with Crippen molar-refractivity contribution in [2.24, 2.45) is 0 Å². The second kappa shape index (κ2) is 5.91. The van der Waals surface area contributed by atoms with Crippen molar-refractivity contribution >= 4 is 5.91 Å². The Labute approximate surface area is 122 Å². The average molecular weight is 287 g/mol. The zero-order valence-corrected chi connectivity index (χ0v) is 11.8. The predicted octanol–water partition coefficient (Wildman–Crippen LogP) is 2.41. The third kappa shape index (κ3) is 3.18. The lowest BCUT2D eigenvalue weighted by Gasteiger charge is -2.19. The van der Waals surface area contributed by atoms with Gasteiger partial charge in [-0.1, -0.05) is 0 Å². The van der Waals surface area contributed by atoms with E-state index in [1.54, 1.807) is 24.5 Å². The molecule has 0 radical (unpaired) electrons. The molecule has 0 bridgehead atoms. The number of furan rings is 1. The SMILES string of the molecule is CC(Cc1ccco1)NC(=O)c1ccc2c(c1)OCCO2. The van der Waals surface area contributed by atoms with Crippen LogP contribution in [-0.2, 0) is 6.42 Å². The van der Waals surface area contributed by atoms with Crippen LogP contribution in [0.15, 0.2) is 41.0 Å². The minimum atomic E-state index is -0.133. The van der Waals surface area contributed by atoms with Crippen LogP contribution in [0.25, 0.3) is 0 Å². The number of carbonyl (C=O) groups excluding carboxylic acids is 1. The molecule has 0 spiro atoms. The molecule has 2 aromatic rings. The first-order chi connectivity index (χ1) is 10.2. The second-order valence-electron chi connectivity index (χ2n) is 5.02. The Morgan fingerprint density at radius 2 is 2.05 bits per heavy atom. The van der Waals surface area contributed by atoms with Gasteiger partial charge in [-0.2, -0.15) is 0 Å². The fourth-order valence-corrected chi connectivity index (χ4v) is 2.27. The third-order valence-corrected chi connectivity index (χ3v) is 3.27. The number of carbonyl (C=O) groups is 1. The monoisotopic (exact) mass is 287 g/mol. The third-order valence-electron chi connectivity index (χ3n) is 3.27. The number of rotatable bonds is 4. The average Bonchev–Trinajstić information content (AvgIpc) is 2.99. The van der Waals surface area contributed by atoms with Gasteiger partial charge in [0.25, 0.3) is 5.91 Å². The van der Waals surface area contributed by atoms with Gasteiger partial charge in [0.05, 0.1) is 6.26 Å². The Morgan fingerprint density at radius 3 is 2.81 bits per heavy atom. The van der Waals surface area contributed by atoms with Crippen LogP contribution in [0.4, 0.5) is 0 Å². The summed E-state index contributed by atoms with van der Waals surface area (Å²) in [6.07, 6.45) is 2.29. The van der Waals surface area contributed by atoms with Gasteiger partial charge in [-0.15, -0.1) is 0 Å². The van der Waals surface area contributed by atoms with Crippen molar-refractivity contribution in [2.75, 3.05) is 13.2 Å². The molecule has 21 heavy (non-hydrogen) atoms. The first kappa shape index (κ1) is 13.5. The molecule has 1 aliphatic rings. The summed E-state index contributed by atoms with van der Waals surface area (Å²) in [6, 6.07) is 8.93. The highest BCUT2D eigenvalue weighted by Crippen LogP contribution is 2.30. The Balaban J connectivity index is 1.64. The minimum Gasteiger partial charge on any atom is -0.486 e. The summed E-state index contributed by atoms with van der Waals surface area (Å²) >= 11 is 0. The second-order valence-corrected chi connectivity index (χ2v) is 5.02. The highest BCUT2D eigenvalue weighted by Gasteiger charge is 2.16. The summed E-state index contributed by atoms with van der Waals surface area (Å²) in [5, 5.41) is 2.95. The smallest absolute Gasteiger partial charge is 0.251 e. The van der Waals surface area contributed by atoms with Crippen LogP contribution in [-0.4, -0.2) is 25.2 Å². The van der Waals surface area contributed by atoms with Crippen LogP contribution in [0, 0.1) is 0 Å². The highest BCUT2D eigenvalue weighted by molar-refractivity contribution is 5.95. The number of ether oxygens (including phenoxy) is 2. The van der Waals surface area contributed by atoms with Gasteiger partial charge in [0.15, 0.2) is 11.5 Å². The maximum absolute atomic E-state index is 12.2. The molecular weight excluding hydrogens is 270 g/mol. The highest BCUT2D eigenvalue weighted by atomic mass is 16.6. The molecule has 1 amide bonds. The van der Waals surface area contributed by atoms with E-state index in [1.165, 1.54) is 0 Å². The summed E-state index contributed by atoms with van der Waals surface area (Å²) in [4.78, 5) is 12.2. The van der Waals surface area contributed by atoms with Crippen LogP contribution in [0.5, 0.6) is 11.5 Å². The van der Waals surface area contributed by atoms with Crippen LogP contribution in [0.2, 0.25) is 0 Å². The summed E-state index contributed by atoms with van der Waals surface area (Å²) in [7, 11) is 0. The van der Waals surface area contributed by atoms with E-state index in [0.717, 1.165) is 5.76 Å². The molecule has 110 valence electrons. The normalized spacial score (nSPS) is 14.5. The molecule has 5 heteroatoms. The molecule has 0 saturated heterocycles. The summed E-state index contributed by atoms with van der Waals surface area (Å²) in [5.74, 6) is 2.02. The molecule has 1 aromatic carbocycles. The molecule has 5 nitrogen and oxygen atoms in total. The van der Waals surface area contributed by atoms with Gasteiger partial charge in [0.2, 0.25) is 0 Å². The quantitative estimate of drug-likeness (QED) is 0.938. The Bertz CT molecular complexity index is 621. The molecule has 1 aliphatic heterocycles. The van der Waals surface area contributed by atoms with Gasteiger partial charge in [-0.25, -0.2) is 0 Å². The number of benzene rings is 1. The van der Waals surface area contributed by atoms with E-state index >= 15 is 0 Å². The molecule has 1 atom stereocenters. The fraction of sp³-hybridized carbons (Fsp3) is 0.312. The van der Waals surface area contributed by atoms with Crippen molar-refractivity contribution in [3.63, 3.8) is 0 Å². The Hall–Kier alpha value is -2.43. The summed E-state index contributed by atoms with van der Waals surface area (Å²) in [5.41, 5.74) is 0.561. The van der Waals surface area contributed by atoms with Crippen LogP contribution < -0.4 is 14.8 Å². The molecule has 1 unspecified atom stereocenters. The number of hydrogen-bond donors (Lipinski definition) is 1. The van der Waals surface area contributed by atoms with Crippen molar-refractivity contribution < 1.29 is 18.7 Å². The molecule has 1 N–H and O–H groups in total. The molecule has 0 fully saturated rings. The number of amides is 1. The maximum Gasteiger partial charge on any atom is 0.251 e. The van der Waals surface area contributed by atoms with E-state index in [2.05, 4.69) is 5.32 Å². The van der Waals surface area contributed by atoms with E-state index in [1.807, 2.05) is 19.1 Å². The standard InChI is InChI=1S/C16H17NO4/c1-11(9-13-3-2-6-19-13)17-16(18)12-4-5-14-15(10-12)21-8-7-20-14/h2-6,10-11H,7-9H2,1H3,(H,17,18). The van der Waals surface area contributed by atoms with Crippen LogP contribution >= 0.6 is 0 Å². The maximum atomic E-state index is 12.2. The topological polar surface area (TPSA) is 60.7 Å². The van der Waals surface area contributed by atoms with Crippen molar-refractivity contribution in [2.45, 2.75) is 19.4 Å².